The molecule has 34 heavy (non-hydrogen) atoms. The van der Waals surface area contributed by atoms with Crippen molar-refractivity contribution in [2.24, 2.45) is 0 Å². The van der Waals surface area contributed by atoms with E-state index in [1.807, 2.05) is 24.3 Å². The molecule has 1 aromatic heterocycles. The maximum atomic E-state index is 13.8. The molecule has 5 atom stereocenters. The van der Waals surface area contributed by atoms with E-state index in [4.69, 9.17) is 4.74 Å². The van der Waals surface area contributed by atoms with Crippen LogP contribution < -0.4 is 0 Å². The Morgan fingerprint density at radius 2 is 1.88 bits per heavy atom. The van der Waals surface area contributed by atoms with E-state index in [1.165, 1.54) is 24.8 Å². The van der Waals surface area contributed by atoms with Crippen LogP contribution in [0.15, 0.2) is 48.5 Å². The van der Waals surface area contributed by atoms with E-state index in [2.05, 4.69) is 26.9 Å². The Bertz CT molecular complexity index is 1210. The average molecular weight is 464 g/mol. The number of carbonyl (C=O) groups is 1. The van der Waals surface area contributed by atoms with Gasteiger partial charge in [0, 0.05) is 48.2 Å². The van der Waals surface area contributed by atoms with Crippen LogP contribution in [0.2, 0.25) is 0 Å². The first-order valence-corrected chi connectivity index (χ1v) is 12.2. The summed E-state index contributed by atoms with van der Waals surface area (Å²) in [4.78, 5) is 21.5. The molecule has 4 heterocycles. The lowest BCUT2D eigenvalue weighted by Gasteiger charge is -2.52. The largest absolute Gasteiger partial charge is 0.468 e. The first kappa shape index (κ1) is 21.8. The van der Waals surface area contributed by atoms with Gasteiger partial charge in [-0.25, -0.2) is 4.39 Å². The van der Waals surface area contributed by atoms with E-state index in [-0.39, 0.29) is 36.0 Å². The lowest BCUT2D eigenvalue weighted by atomic mass is 9.79. The molecule has 6 nitrogen and oxygen atoms in total. The second kappa shape index (κ2) is 8.48. The Hall–Kier alpha value is -2.74. The zero-order chi connectivity index (χ0) is 23.4. The van der Waals surface area contributed by atoms with E-state index in [9.17, 15) is 14.3 Å². The van der Waals surface area contributed by atoms with Crippen molar-refractivity contribution in [3.05, 3.63) is 71.2 Å². The molecule has 178 valence electrons. The predicted molar refractivity (Wildman–Crippen MR) is 127 cm³/mol. The molecule has 3 aliphatic rings. The first-order valence-electron chi connectivity index (χ1n) is 12.2. The summed E-state index contributed by atoms with van der Waals surface area (Å²) in [5, 5.41) is 11.4. The van der Waals surface area contributed by atoms with Crippen LogP contribution >= 0.6 is 0 Å². The van der Waals surface area contributed by atoms with Gasteiger partial charge < -0.3 is 14.8 Å². The van der Waals surface area contributed by atoms with Gasteiger partial charge in [0.2, 0.25) is 0 Å². The molecule has 3 aliphatic heterocycles. The van der Waals surface area contributed by atoms with Gasteiger partial charge in [-0.15, -0.1) is 0 Å². The minimum atomic E-state index is -0.415. The number of rotatable bonds is 3. The minimum Gasteiger partial charge on any atom is -0.468 e. The summed E-state index contributed by atoms with van der Waals surface area (Å²) in [6.07, 6.45) is 2.75. The molecule has 0 bridgehead atoms. The number of methoxy groups -OCH3 is 1. The van der Waals surface area contributed by atoms with Gasteiger partial charge in [-0.2, -0.15) is 0 Å². The highest BCUT2D eigenvalue weighted by atomic mass is 19.1. The summed E-state index contributed by atoms with van der Waals surface area (Å²) in [5.74, 6) is -0.500. The van der Waals surface area contributed by atoms with Crippen LogP contribution in [0.1, 0.15) is 48.2 Å². The number of carbonyl (C=O) groups excluding carboxylic acids is 1. The van der Waals surface area contributed by atoms with E-state index in [1.54, 1.807) is 0 Å². The smallest absolute Gasteiger partial charge is 0.323 e. The summed E-state index contributed by atoms with van der Waals surface area (Å²) in [6, 6.07) is 14.7. The van der Waals surface area contributed by atoms with E-state index < -0.39 is 6.04 Å². The van der Waals surface area contributed by atoms with Gasteiger partial charge in [0.1, 0.15) is 11.9 Å². The van der Waals surface area contributed by atoms with Gasteiger partial charge in [-0.3, -0.25) is 14.6 Å². The van der Waals surface area contributed by atoms with Crippen LogP contribution in [0.5, 0.6) is 0 Å². The Kier molecular flexibility index (Phi) is 5.43. The van der Waals surface area contributed by atoms with Crippen molar-refractivity contribution in [1.29, 1.82) is 0 Å². The molecule has 0 saturated carbocycles. The van der Waals surface area contributed by atoms with E-state index in [0.717, 1.165) is 48.0 Å². The van der Waals surface area contributed by atoms with Gasteiger partial charge >= 0.3 is 5.97 Å². The number of esters is 1. The molecule has 2 N–H and O–H groups in total. The third-order valence-electron chi connectivity index (χ3n) is 8.09. The average Bonchev–Trinajstić information content (AvgIpc) is 3.46. The van der Waals surface area contributed by atoms with Crippen molar-refractivity contribution in [2.45, 2.75) is 56.0 Å². The standard InChI is InChI=1S/C27H30FN3O3/c1-34-27(33)25-14-21-20-4-2-3-5-22(20)29-26(21)24-13-18(30-11-10-19(32)15-30)12-23(31(24)25)16-6-8-17(28)9-7-16/h2-9,18-19,23-25,29,32H,10-15H2,1H3/t18-,19+,23-,24+,25-/m0/s1. The number of β-amino-alcohol motifs (C(OH)–C–C–N with tert-alkyl or cyclic N) is 1. The van der Waals surface area contributed by atoms with Crippen molar-refractivity contribution >= 4 is 16.9 Å². The molecular weight excluding hydrogens is 433 g/mol. The number of fused-ring (bicyclic) bond motifs is 5. The van der Waals surface area contributed by atoms with Crippen LogP contribution in [0.25, 0.3) is 10.9 Å². The highest BCUT2D eigenvalue weighted by Gasteiger charge is 2.49. The molecule has 0 spiro atoms. The quantitative estimate of drug-likeness (QED) is 0.580. The van der Waals surface area contributed by atoms with Gasteiger partial charge in [0.25, 0.3) is 0 Å². The number of likely N-dealkylation sites (tertiary alicyclic amines) is 1. The van der Waals surface area contributed by atoms with Gasteiger partial charge in [-0.05, 0) is 48.6 Å². The second-order valence-corrected chi connectivity index (χ2v) is 9.90. The molecule has 2 saturated heterocycles. The summed E-state index contributed by atoms with van der Waals surface area (Å²) in [7, 11) is 1.45. The number of aromatic amines is 1. The Labute approximate surface area is 198 Å². The van der Waals surface area contributed by atoms with Crippen LogP contribution in [0.3, 0.4) is 0 Å². The number of aliphatic hydroxyl groups excluding tert-OH is 1. The molecule has 6 rings (SSSR count). The maximum Gasteiger partial charge on any atom is 0.323 e. The molecule has 0 radical (unpaired) electrons. The SMILES string of the molecule is COC(=O)[C@@H]1Cc2c([nH]c3ccccc23)[C@H]2C[C@@H](N3CC[C@@H](O)C3)C[C@@H](c3ccc(F)cc3)N21. The summed E-state index contributed by atoms with van der Waals surface area (Å²) >= 11 is 0. The number of hydrogen-bond donors (Lipinski definition) is 2. The van der Waals surface area contributed by atoms with Gasteiger partial charge in [-0.1, -0.05) is 30.3 Å². The molecule has 0 unspecified atom stereocenters. The van der Waals surface area contributed by atoms with E-state index >= 15 is 0 Å². The summed E-state index contributed by atoms with van der Waals surface area (Å²) in [6.45, 7) is 1.54. The van der Waals surface area contributed by atoms with Crippen LogP contribution in [-0.2, 0) is 16.0 Å². The van der Waals surface area contributed by atoms with Crippen molar-refractivity contribution in [1.82, 2.24) is 14.8 Å². The monoisotopic (exact) mass is 463 g/mol. The summed E-state index contributed by atoms with van der Waals surface area (Å²) < 4.78 is 19.1. The molecule has 7 heteroatoms. The van der Waals surface area contributed by atoms with Crippen LogP contribution in [0, 0.1) is 5.82 Å². The number of halogens is 1. The van der Waals surface area contributed by atoms with Gasteiger partial charge in [0.05, 0.1) is 19.3 Å². The molecule has 0 aliphatic carbocycles. The van der Waals surface area contributed by atoms with E-state index in [0.29, 0.717) is 13.0 Å². The third kappa shape index (κ3) is 3.54. The van der Waals surface area contributed by atoms with Crippen molar-refractivity contribution in [2.75, 3.05) is 20.2 Å². The number of nitrogens with zero attached hydrogens (tertiary/aromatic N) is 2. The third-order valence-corrected chi connectivity index (χ3v) is 8.09. The van der Waals surface area contributed by atoms with Crippen molar-refractivity contribution < 1.29 is 19.0 Å². The van der Waals surface area contributed by atoms with Crippen LogP contribution in [0.4, 0.5) is 4.39 Å². The summed E-state index contributed by atoms with van der Waals surface area (Å²) in [5.41, 5.74) is 4.43. The lowest BCUT2D eigenvalue weighted by molar-refractivity contribution is -0.152. The number of aliphatic hydroxyl groups is 1. The molecule has 2 fully saturated rings. The maximum absolute atomic E-state index is 13.8. The number of piperidine rings is 1. The number of para-hydroxylation sites is 1. The zero-order valence-electron chi connectivity index (χ0n) is 19.3. The Balaban J connectivity index is 1.49. The Morgan fingerprint density at radius 1 is 1.12 bits per heavy atom. The fourth-order valence-electron chi connectivity index (χ4n) is 6.53. The fraction of sp³-hybridized carbons (Fsp3) is 0.444. The highest BCUT2D eigenvalue weighted by molar-refractivity contribution is 5.87. The number of H-pyrrole nitrogens is 1. The molecular formula is C27H30FN3O3. The lowest BCUT2D eigenvalue weighted by Crippen LogP contribution is -2.56. The fourth-order valence-corrected chi connectivity index (χ4v) is 6.53. The zero-order valence-corrected chi connectivity index (χ0v) is 19.3. The van der Waals surface area contributed by atoms with Crippen molar-refractivity contribution in [3.63, 3.8) is 0 Å². The number of nitrogens with one attached hydrogen (secondary N) is 1. The Morgan fingerprint density at radius 3 is 2.62 bits per heavy atom. The number of hydrogen-bond acceptors (Lipinski definition) is 5. The second-order valence-electron chi connectivity index (χ2n) is 9.90. The number of aromatic nitrogens is 1. The number of ether oxygens (including phenoxy) is 1. The topological polar surface area (TPSA) is 68.8 Å². The van der Waals surface area contributed by atoms with Crippen LogP contribution in [-0.4, -0.2) is 64.2 Å². The molecule has 2 aromatic carbocycles. The van der Waals surface area contributed by atoms with Crippen molar-refractivity contribution in [3.8, 4) is 0 Å². The molecule has 0 amide bonds. The minimum absolute atomic E-state index is 0.00760. The normalized spacial score (nSPS) is 29.7. The highest BCUT2D eigenvalue weighted by Crippen LogP contribution is 2.50. The predicted octanol–water partition coefficient (Wildman–Crippen LogP) is 3.72. The molecule has 3 aromatic rings. The van der Waals surface area contributed by atoms with Gasteiger partial charge in [0.15, 0.2) is 0 Å². The number of benzene rings is 2. The first-order chi connectivity index (χ1) is 16.5.